The van der Waals surface area contributed by atoms with Crippen LogP contribution in [0.5, 0.6) is 11.5 Å². The Balaban J connectivity index is 1.76. The van der Waals surface area contributed by atoms with Crippen molar-refractivity contribution in [1.29, 1.82) is 0 Å². The molecular weight excluding hydrogens is 440 g/mol. The SMILES string of the molecule is COc1ccc(CNC(=O)CN(Cc2ccccc2)S(=O)(=O)c2ccc(C)cc2)cc1OC. The number of rotatable bonds is 10. The predicted octanol–water partition coefficient (Wildman–Crippen LogP) is 3.52. The van der Waals surface area contributed by atoms with Gasteiger partial charge in [0.15, 0.2) is 11.5 Å². The molecule has 3 aromatic carbocycles. The summed E-state index contributed by atoms with van der Waals surface area (Å²) in [4.78, 5) is 12.9. The van der Waals surface area contributed by atoms with Gasteiger partial charge in [0.2, 0.25) is 15.9 Å². The molecule has 0 bridgehead atoms. The van der Waals surface area contributed by atoms with Crippen molar-refractivity contribution in [3.8, 4) is 11.5 Å². The van der Waals surface area contributed by atoms with Crippen LogP contribution in [0, 0.1) is 6.92 Å². The molecule has 0 saturated carbocycles. The van der Waals surface area contributed by atoms with Crippen molar-refractivity contribution in [3.63, 3.8) is 0 Å². The largest absolute Gasteiger partial charge is 0.493 e. The molecule has 0 aromatic heterocycles. The minimum absolute atomic E-state index is 0.0842. The third-order valence-corrected chi connectivity index (χ3v) is 6.92. The lowest BCUT2D eigenvalue weighted by Gasteiger charge is -2.22. The van der Waals surface area contributed by atoms with E-state index < -0.39 is 15.9 Å². The molecule has 1 amide bonds. The number of nitrogens with one attached hydrogen (secondary N) is 1. The number of aryl methyl sites for hydroxylation is 1. The van der Waals surface area contributed by atoms with Crippen molar-refractivity contribution in [3.05, 3.63) is 89.5 Å². The highest BCUT2D eigenvalue weighted by molar-refractivity contribution is 7.89. The molecule has 0 saturated heterocycles. The zero-order valence-electron chi connectivity index (χ0n) is 18.9. The summed E-state index contributed by atoms with van der Waals surface area (Å²) in [6, 6.07) is 21.1. The predicted molar refractivity (Wildman–Crippen MR) is 127 cm³/mol. The summed E-state index contributed by atoms with van der Waals surface area (Å²) >= 11 is 0. The number of amides is 1. The first-order valence-corrected chi connectivity index (χ1v) is 11.9. The summed E-state index contributed by atoms with van der Waals surface area (Å²) in [5.41, 5.74) is 2.55. The molecule has 0 aliphatic heterocycles. The second-order valence-corrected chi connectivity index (χ2v) is 9.48. The molecule has 1 N–H and O–H groups in total. The molecule has 0 atom stereocenters. The average Bonchev–Trinajstić information content (AvgIpc) is 2.83. The number of carbonyl (C=O) groups is 1. The number of benzene rings is 3. The summed E-state index contributed by atoms with van der Waals surface area (Å²) in [7, 11) is -0.788. The molecule has 174 valence electrons. The monoisotopic (exact) mass is 468 g/mol. The van der Waals surface area contributed by atoms with Gasteiger partial charge in [0.25, 0.3) is 0 Å². The summed E-state index contributed by atoms with van der Waals surface area (Å²) in [5, 5.41) is 2.80. The van der Waals surface area contributed by atoms with Gasteiger partial charge in [0.1, 0.15) is 0 Å². The second kappa shape index (κ2) is 11.0. The number of nitrogens with zero attached hydrogens (tertiary/aromatic N) is 1. The van der Waals surface area contributed by atoms with Crippen molar-refractivity contribution in [2.45, 2.75) is 24.9 Å². The minimum Gasteiger partial charge on any atom is -0.493 e. The van der Waals surface area contributed by atoms with E-state index in [4.69, 9.17) is 9.47 Å². The lowest BCUT2D eigenvalue weighted by molar-refractivity contribution is -0.121. The Morgan fingerprint density at radius 2 is 1.55 bits per heavy atom. The van der Waals surface area contributed by atoms with Crippen LogP contribution in [0.2, 0.25) is 0 Å². The zero-order chi connectivity index (χ0) is 23.8. The van der Waals surface area contributed by atoms with Gasteiger partial charge in [-0.15, -0.1) is 0 Å². The van der Waals surface area contributed by atoms with E-state index in [2.05, 4.69) is 5.32 Å². The highest BCUT2D eigenvalue weighted by atomic mass is 32.2. The number of methoxy groups -OCH3 is 2. The molecule has 0 heterocycles. The van der Waals surface area contributed by atoms with Crippen molar-refractivity contribution in [1.82, 2.24) is 9.62 Å². The maximum absolute atomic E-state index is 13.3. The zero-order valence-corrected chi connectivity index (χ0v) is 19.8. The molecule has 8 heteroatoms. The molecule has 33 heavy (non-hydrogen) atoms. The minimum atomic E-state index is -3.88. The van der Waals surface area contributed by atoms with Crippen LogP contribution in [0.4, 0.5) is 0 Å². The average molecular weight is 469 g/mol. The number of ether oxygens (including phenoxy) is 2. The van der Waals surface area contributed by atoms with Gasteiger partial charge in [0.05, 0.1) is 25.7 Å². The molecule has 0 aliphatic rings. The van der Waals surface area contributed by atoms with Crippen molar-refractivity contribution >= 4 is 15.9 Å². The Kier molecular flexibility index (Phi) is 8.08. The molecule has 0 aliphatic carbocycles. The van der Waals surface area contributed by atoms with Crippen LogP contribution >= 0.6 is 0 Å². The molecular formula is C25H28N2O5S. The highest BCUT2D eigenvalue weighted by Crippen LogP contribution is 2.27. The van der Waals surface area contributed by atoms with Gasteiger partial charge in [-0.3, -0.25) is 4.79 Å². The first-order chi connectivity index (χ1) is 15.8. The Bertz CT molecular complexity index is 1180. The third-order valence-electron chi connectivity index (χ3n) is 5.12. The Morgan fingerprint density at radius 1 is 0.879 bits per heavy atom. The van der Waals surface area contributed by atoms with Crippen LogP contribution in [-0.2, 0) is 27.9 Å². The molecule has 3 rings (SSSR count). The van der Waals surface area contributed by atoms with E-state index in [9.17, 15) is 13.2 Å². The quantitative estimate of drug-likeness (QED) is 0.492. The molecule has 0 fully saturated rings. The van der Waals surface area contributed by atoms with E-state index in [0.717, 1.165) is 16.7 Å². The van der Waals surface area contributed by atoms with Crippen LogP contribution < -0.4 is 14.8 Å². The van der Waals surface area contributed by atoms with Crippen LogP contribution in [0.25, 0.3) is 0 Å². The fourth-order valence-corrected chi connectivity index (χ4v) is 4.66. The normalized spacial score (nSPS) is 11.3. The first-order valence-electron chi connectivity index (χ1n) is 10.4. The summed E-state index contributed by atoms with van der Waals surface area (Å²) in [6.07, 6.45) is 0. The van der Waals surface area contributed by atoms with E-state index in [-0.39, 0.29) is 24.5 Å². The van der Waals surface area contributed by atoms with Crippen molar-refractivity contribution in [2.75, 3.05) is 20.8 Å². The second-order valence-electron chi connectivity index (χ2n) is 7.54. The van der Waals surface area contributed by atoms with Crippen LogP contribution in [0.3, 0.4) is 0 Å². The van der Waals surface area contributed by atoms with E-state index >= 15 is 0 Å². The number of sulfonamides is 1. The van der Waals surface area contributed by atoms with Gasteiger partial charge in [-0.1, -0.05) is 54.1 Å². The Morgan fingerprint density at radius 3 is 2.18 bits per heavy atom. The highest BCUT2D eigenvalue weighted by Gasteiger charge is 2.27. The maximum atomic E-state index is 13.3. The molecule has 3 aromatic rings. The van der Waals surface area contributed by atoms with Crippen LogP contribution in [0.15, 0.2) is 77.7 Å². The van der Waals surface area contributed by atoms with E-state index in [1.54, 1.807) is 43.5 Å². The van der Waals surface area contributed by atoms with Gasteiger partial charge in [0, 0.05) is 13.1 Å². The number of carbonyl (C=O) groups excluding carboxylic acids is 1. The molecule has 0 unspecified atom stereocenters. The van der Waals surface area contributed by atoms with E-state index in [1.165, 1.54) is 11.4 Å². The fraction of sp³-hybridized carbons (Fsp3) is 0.240. The van der Waals surface area contributed by atoms with E-state index in [0.29, 0.717) is 11.5 Å². The van der Waals surface area contributed by atoms with Crippen LogP contribution in [-0.4, -0.2) is 39.4 Å². The van der Waals surface area contributed by atoms with Gasteiger partial charge in [-0.05, 0) is 42.3 Å². The number of hydrogen-bond acceptors (Lipinski definition) is 5. The van der Waals surface area contributed by atoms with Gasteiger partial charge in [-0.2, -0.15) is 4.31 Å². The summed E-state index contributed by atoms with van der Waals surface area (Å²) in [6.45, 7) is 1.89. The standard InChI is InChI=1S/C25H28N2O5S/c1-19-9-12-22(13-10-19)33(29,30)27(17-20-7-5-4-6-8-20)18-25(28)26-16-21-11-14-23(31-2)24(15-21)32-3/h4-15H,16-18H2,1-3H3,(H,26,28). The lowest BCUT2D eigenvalue weighted by atomic mass is 10.2. The van der Waals surface area contributed by atoms with E-state index in [1.807, 2.05) is 43.3 Å². The van der Waals surface area contributed by atoms with Crippen molar-refractivity contribution < 1.29 is 22.7 Å². The molecule has 7 nitrogen and oxygen atoms in total. The van der Waals surface area contributed by atoms with Crippen molar-refractivity contribution in [2.24, 2.45) is 0 Å². The Hall–Kier alpha value is -3.36. The topological polar surface area (TPSA) is 84.9 Å². The van der Waals surface area contributed by atoms with Gasteiger partial charge >= 0.3 is 0 Å². The lowest BCUT2D eigenvalue weighted by Crippen LogP contribution is -2.40. The smallest absolute Gasteiger partial charge is 0.243 e. The fourth-order valence-electron chi connectivity index (χ4n) is 3.28. The summed E-state index contributed by atoms with van der Waals surface area (Å²) < 4.78 is 38.4. The van der Waals surface area contributed by atoms with Gasteiger partial charge < -0.3 is 14.8 Å². The number of hydrogen-bond donors (Lipinski definition) is 1. The van der Waals surface area contributed by atoms with Gasteiger partial charge in [-0.25, -0.2) is 8.42 Å². The van der Waals surface area contributed by atoms with Crippen LogP contribution in [0.1, 0.15) is 16.7 Å². The first kappa shape index (κ1) is 24.3. The Labute approximate surface area is 195 Å². The molecule has 0 radical (unpaired) electrons. The maximum Gasteiger partial charge on any atom is 0.243 e. The summed E-state index contributed by atoms with van der Waals surface area (Å²) in [5.74, 6) is 0.735. The third kappa shape index (κ3) is 6.34. The molecule has 0 spiro atoms.